The van der Waals surface area contributed by atoms with Gasteiger partial charge in [0.15, 0.2) is 9.84 Å². The van der Waals surface area contributed by atoms with Crippen molar-refractivity contribution in [3.63, 3.8) is 0 Å². The first-order valence-corrected chi connectivity index (χ1v) is 8.73. The van der Waals surface area contributed by atoms with E-state index in [-0.39, 0.29) is 6.03 Å². The van der Waals surface area contributed by atoms with Gasteiger partial charge in [-0.2, -0.15) is 0 Å². The predicted octanol–water partition coefficient (Wildman–Crippen LogP) is 2.45. The summed E-state index contributed by atoms with van der Waals surface area (Å²) in [4.78, 5) is 12.0. The van der Waals surface area contributed by atoms with Crippen LogP contribution in [0.1, 0.15) is 5.56 Å². The van der Waals surface area contributed by atoms with Crippen LogP contribution < -0.4 is 10.6 Å². The maximum Gasteiger partial charge on any atom is 0.319 e. The molecule has 0 fully saturated rings. The van der Waals surface area contributed by atoms with Gasteiger partial charge in [-0.25, -0.2) is 13.2 Å². The van der Waals surface area contributed by atoms with E-state index in [2.05, 4.69) is 10.6 Å². The van der Waals surface area contributed by atoms with Crippen molar-refractivity contribution in [1.82, 2.24) is 5.32 Å². The summed E-state index contributed by atoms with van der Waals surface area (Å²) in [5, 5.41) is 5.48. The van der Waals surface area contributed by atoms with E-state index in [0.29, 0.717) is 17.9 Å². The Bertz CT molecular complexity index is 726. The molecule has 0 spiro atoms. The second kappa shape index (κ2) is 7.09. The van der Waals surface area contributed by atoms with Crippen molar-refractivity contribution < 1.29 is 13.2 Å². The van der Waals surface area contributed by atoms with Gasteiger partial charge >= 0.3 is 6.03 Å². The molecular weight excluding hydrogens is 300 g/mol. The summed E-state index contributed by atoms with van der Waals surface area (Å²) in [7, 11) is -3.17. The van der Waals surface area contributed by atoms with E-state index in [9.17, 15) is 13.2 Å². The first-order chi connectivity index (χ1) is 10.4. The fraction of sp³-hybridized carbons (Fsp3) is 0.188. The molecule has 0 aliphatic heterocycles. The van der Waals surface area contributed by atoms with Gasteiger partial charge in [0, 0.05) is 18.5 Å². The molecule has 5 nitrogen and oxygen atoms in total. The number of sulfone groups is 1. The second-order valence-electron chi connectivity index (χ2n) is 4.91. The highest BCUT2D eigenvalue weighted by atomic mass is 32.2. The standard InChI is InChI=1S/C16H18N2O3S/c1-22(20,21)15-9-7-13(8-10-15)11-12-17-16(19)18-14-5-3-2-4-6-14/h2-10H,11-12H2,1H3,(H2,17,18,19). The molecule has 2 N–H and O–H groups in total. The molecule has 0 saturated heterocycles. The third-order valence-electron chi connectivity index (χ3n) is 3.08. The van der Waals surface area contributed by atoms with Crippen molar-refractivity contribution in [2.24, 2.45) is 0 Å². The van der Waals surface area contributed by atoms with Crippen LogP contribution in [0.2, 0.25) is 0 Å². The van der Waals surface area contributed by atoms with Gasteiger partial charge in [-0.05, 0) is 36.2 Å². The molecule has 0 aliphatic rings. The van der Waals surface area contributed by atoms with E-state index in [1.54, 1.807) is 24.3 Å². The molecule has 0 aromatic heterocycles. The van der Waals surface area contributed by atoms with E-state index < -0.39 is 9.84 Å². The Balaban J connectivity index is 1.80. The molecule has 2 rings (SSSR count). The summed E-state index contributed by atoms with van der Waals surface area (Å²) in [6.07, 6.45) is 1.81. The molecule has 2 aromatic carbocycles. The van der Waals surface area contributed by atoms with Crippen molar-refractivity contribution in [3.05, 3.63) is 60.2 Å². The van der Waals surface area contributed by atoms with Gasteiger partial charge in [0.25, 0.3) is 0 Å². The predicted molar refractivity (Wildman–Crippen MR) is 86.7 cm³/mol. The quantitative estimate of drug-likeness (QED) is 0.889. The molecule has 22 heavy (non-hydrogen) atoms. The van der Waals surface area contributed by atoms with Crippen molar-refractivity contribution in [2.45, 2.75) is 11.3 Å². The lowest BCUT2D eigenvalue weighted by Crippen LogP contribution is -2.30. The topological polar surface area (TPSA) is 75.3 Å². The molecule has 116 valence electrons. The Labute approximate surface area is 130 Å². The molecular formula is C16H18N2O3S. The first-order valence-electron chi connectivity index (χ1n) is 6.84. The van der Waals surface area contributed by atoms with Crippen LogP contribution in [0.5, 0.6) is 0 Å². The lowest BCUT2D eigenvalue weighted by molar-refractivity contribution is 0.252. The number of carbonyl (C=O) groups excluding carboxylic acids is 1. The van der Waals surface area contributed by atoms with Crippen molar-refractivity contribution >= 4 is 21.6 Å². The van der Waals surface area contributed by atoms with Gasteiger partial charge in [0.2, 0.25) is 0 Å². The number of hydrogen-bond donors (Lipinski definition) is 2. The maximum atomic E-state index is 11.7. The van der Waals surface area contributed by atoms with Gasteiger partial charge in [-0.3, -0.25) is 0 Å². The lowest BCUT2D eigenvalue weighted by Gasteiger charge is -2.08. The smallest absolute Gasteiger partial charge is 0.319 e. The summed E-state index contributed by atoms with van der Waals surface area (Å²) in [6.45, 7) is 0.469. The SMILES string of the molecule is CS(=O)(=O)c1ccc(CCNC(=O)Nc2ccccc2)cc1. The van der Waals surface area contributed by atoms with Crippen molar-refractivity contribution in [1.29, 1.82) is 0 Å². The van der Waals surface area contributed by atoms with Crippen LogP contribution in [0.4, 0.5) is 10.5 Å². The van der Waals surface area contributed by atoms with Crippen LogP contribution in [-0.2, 0) is 16.3 Å². The van der Waals surface area contributed by atoms with Crippen molar-refractivity contribution in [3.8, 4) is 0 Å². The summed E-state index contributed by atoms with van der Waals surface area (Å²) in [6, 6.07) is 15.6. The summed E-state index contributed by atoms with van der Waals surface area (Å²) < 4.78 is 22.7. The van der Waals surface area contributed by atoms with Crippen LogP contribution in [0.25, 0.3) is 0 Å². The number of para-hydroxylation sites is 1. The molecule has 0 saturated carbocycles. The Morgan fingerprint density at radius 1 is 1.00 bits per heavy atom. The van der Waals surface area contributed by atoms with Crippen LogP contribution in [0, 0.1) is 0 Å². The maximum absolute atomic E-state index is 11.7. The molecule has 0 heterocycles. The third kappa shape index (κ3) is 4.89. The average Bonchev–Trinajstić information content (AvgIpc) is 2.48. The van der Waals surface area contributed by atoms with Crippen LogP contribution in [-0.4, -0.2) is 27.2 Å². The summed E-state index contributed by atoms with van der Waals surface area (Å²) in [5.41, 5.74) is 1.70. The first kappa shape index (κ1) is 16.0. The number of benzene rings is 2. The molecule has 2 aromatic rings. The largest absolute Gasteiger partial charge is 0.338 e. The molecule has 6 heteroatoms. The highest BCUT2D eigenvalue weighted by molar-refractivity contribution is 7.90. The van der Waals surface area contributed by atoms with E-state index in [0.717, 1.165) is 11.3 Å². The van der Waals surface area contributed by atoms with Crippen LogP contribution >= 0.6 is 0 Å². The summed E-state index contributed by atoms with van der Waals surface area (Å²) >= 11 is 0. The Morgan fingerprint density at radius 3 is 2.23 bits per heavy atom. The average molecular weight is 318 g/mol. The van der Waals surface area contributed by atoms with Crippen molar-refractivity contribution in [2.75, 3.05) is 18.1 Å². The zero-order chi connectivity index (χ0) is 16.0. The van der Waals surface area contributed by atoms with Gasteiger partial charge in [-0.1, -0.05) is 30.3 Å². The fourth-order valence-corrected chi connectivity index (χ4v) is 2.55. The number of carbonyl (C=O) groups is 1. The van der Waals surface area contributed by atoms with Gasteiger partial charge in [0.05, 0.1) is 4.90 Å². The minimum atomic E-state index is -3.17. The Morgan fingerprint density at radius 2 is 1.64 bits per heavy atom. The number of anilines is 1. The van der Waals surface area contributed by atoms with Gasteiger partial charge in [-0.15, -0.1) is 0 Å². The minimum Gasteiger partial charge on any atom is -0.338 e. The lowest BCUT2D eigenvalue weighted by atomic mass is 10.1. The highest BCUT2D eigenvalue weighted by Gasteiger charge is 2.06. The van der Waals surface area contributed by atoms with Gasteiger partial charge < -0.3 is 10.6 Å². The monoisotopic (exact) mass is 318 g/mol. The Hall–Kier alpha value is -2.34. The highest BCUT2D eigenvalue weighted by Crippen LogP contribution is 2.10. The van der Waals surface area contributed by atoms with Gasteiger partial charge in [0.1, 0.15) is 0 Å². The van der Waals surface area contributed by atoms with E-state index >= 15 is 0 Å². The molecule has 0 unspecified atom stereocenters. The van der Waals surface area contributed by atoms with Crippen LogP contribution in [0.3, 0.4) is 0 Å². The number of nitrogens with one attached hydrogen (secondary N) is 2. The molecule has 2 amide bonds. The molecule has 0 bridgehead atoms. The Kier molecular flexibility index (Phi) is 5.16. The number of rotatable bonds is 5. The summed E-state index contributed by atoms with van der Waals surface area (Å²) in [5.74, 6) is 0. The van der Waals surface area contributed by atoms with E-state index in [4.69, 9.17) is 0 Å². The number of urea groups is 1. The van der Waals surface area contributed by atoms with E-state index in [1.807, 2.05) is 30.3 Å². The minimum absolute atomic E-state index is 0.265. The van der Waals surface area contributed by atoms with E-state index in [1.165, 1.54) is 6.26 Å². The normalized spacial score (nSPS) is 11.0. The zero-order valence-corrected chi connectivity index (χ0v) is 13.1. The molecule has 0 radical (unpaired) electrons. The molecule has 0 atom stereocenters. The zero-order valence-electron chi connectivity index (χ0n) is 12.2. The molecule has 0 aliphatic carbocycles. The fourth-order valence-electron chi connectivity index (χ4n) is 1.92. The van der Waals surface area contributed by atoms with Crippen LogP contribution in [0.15, 0.2) is 59.5 Å². The number of hydrogen-bond acceptors (Lipinski definition) is 3. The second-order valence-corrected chi connectivity index (χ2v) is 6.93. The number of amides is 2. The third-order valence-corrected chi connectivity index (χ3v) is 4.21.